The first-order valence-electron chi connectivity index (χ1n) is 4.91. The largest absolute Gasteiger partial charge is 0.507 e. The van der Waals surface area contributed by atoms with E-state index >= 15 is 0 Å². The van der Waals surface area contributed by atoms with Crippen LogP contribution >= 0.6 is 0 Å². The van der Waals surface area contributed by atoms with Gasteiger partial charge < -0.3 is 5.11 Å². The summed E-state index contributed by atoms with van der Waals surface area (Å²) in [6, 6.07) is 6.54. The number of hydrogen-bond donors (Lipinski definition) is 1. The predicted octanol–water partition coefficient (Wildman–Crippen LogP) is 2.30. The molecule has 0 aromatic heterocycles. The molecule has 16 heavy (non-hydrogen) atoms. The SMILES string of the molecule is C/C=C/C1=C(O)c2ccccc2C(=O)C1=O. The zero-order chi connectivity index (χ0) is 11.7. The van der Waals surface area contributed by atoms with Gasteiger partial charge in [-0.2, -0.15) is 0 Å². The van der Waals surface area contributed by atoms with Crippen LogP contribution in [0.4, 0.5) is 0 Å². The number of benzene rings is 1. The van der Waals surface area contributed by atoms with Gasteiger partial charge in [0.25, 0.3) is 0 Å². The number of carbonyl (C=O) groups is 2. The van der Waals surface area contributed by atoms with E-state index in [0.717, 1.165) is 0 Å². The molecule has 0 bridgehead atoms. The smallest absolute Gasteiger partial charge is 0.237 e. The molecule has 2 rings (SSSR count). The Morgan fingerprint density at radius 3 is 2.31 bits per heavy atom. The maximum Gasteiger partial charge on any atom is 0.237 e. The number of allylic oxidation sites excluding steroid dienone is 3. The topological polar surface area (TPSA) is 54.4 Å². The number of fused-ring (bicyclic) bond motifs is 1. The van der Waals surface area contributed by atoms with Gasteiger partial charge in [-0.25, -0.2) is 0 Å². The van der Waals surface area contributed by atoms with Crippen LogP contribution in [0.3, 0.4) is 0 Å². The number of aliphatic hydroxyl groups excluding tert-OH is 1. The Morgan fingerprint density at radius 1 is 1.06 bits per heavy atom. The van der Waals surface area contributed by atoms with E-state index in [1.165, 1.54) is 12.1 Å². The highest BCUT2D eigenvalue weighted by molar-refractivity contribution is 6.52. The van der Waals surface area contributed by atoms with Crippen LogP contribution in [0.25, 0.3) is 5.76 Å². The number of aliphatic hydroxyl groups is 1. The summed E-state index contributed by atoms with van der Waals surface area (Å²) in [7, 11) is 0. The van der Waals surface area contributed by atoms with Crippen LogP contribution in [0, 0.1) is 0 Å². The molecular formula is C13H10O3. The number of carbonyl (C=O) groups excluding carboxylic acids is 2. The summed E-state index contributed by atoms with van der Waals surface area (Å²) in [6.45, 7) is 1.72. The summed E-state index contributed by atoms with van der Waals surface area (Å²) in [5, 5.41) is 9.90. The Balaban J connectivity index is 2.74. The van der Waals surface area contributed by atoms with Gasteiger partial charge in [0.05, 0.1) is 5.57 Å². The summed E-state index contributed by atoms with van der Waals surface area (Å²) >= 11 is 0. The van der Waals surface area contributed by atoms with Crippen molar-refractivity contribution in [1.29, 1.82) is 0 Å². The van der Waals surface area contributed by atoms with Crippen molar-refractivity contribution in [3.63, 3.8) is 0 Å². The van der Waals surface area contributed by atoms with Crippen molar-refractivity contribution < 1.29 is 14.7 Å². The van der Waals surface area contributed by atoms with Gasteiger partial charge in [0.1, 0.15) is 5.76 Å². The molecule has 1 aromatic carbocycles. The third kappa shape index (κ3) is 1.37. The van der Waals surface area contributed by atoms with Gasteiger partial charge in [0, 0.05) is 11.1 Å². The molecule has 1 aliphatic rings. The quantitative estimate of drug-likeness (QED) is 0.730. The van der Waals surface area contributed by atoms with E-state index in [-0.39, 0.29) is 16.9 Å². The van der Waals surface area contributed by atoms with Crippen LogP contribution in [0.2, 0.25) is 0 Å². The molecule has 0 spiro atoms. The molecule has 0 unspecified atom stereocenters. The normalized spacial score (nSPS) is 15.8. The molecule has 1 aromatic rings. The third-order valence-corrected chi connectivity index (χ3v) is 2.47. The van der Waals surface area contributed by atoms with Crippen molar-refractivity contribution in [3.05, 3.63) is 53.1 Å². The van der Waals surface area contributed by atoms with E-state index in [1.54, 1.807) is 31.2 Å². The maximum absolute atomic E-state index is 11.7. The van der Waals surface area contributed by atoms with E-state index in [4.69, 9.17) is 0 Å². The highest BCUT2D eigenvalue weighted by atomic mass is 16.3. The Morgan fingerprint density at radius 2 is 1.69 bits per heavy atom. The summed E-state index contributed by atoms with van der Waals surface area (Å²) in [5.74, 6) is -1.35. The summed E-state index contributed by atoms with van der Waals surface area (Å²) < 4.78 is 0. The van der Waals surface area contributed by atoms with Crippen molar-refractivity contribution in [2.45, 2.75) is 6.92 Å². The molecular weight excluding hydrogens is 204 g/mol. The second-order valence-electron chi connectivity index (χ2n) is 3.47. The molecule has 0 saturated heterocycles. The van der Waals surface area contributed by atoms with Crippen LogP contribution in [0.5, 0.6) is 0 Å². The number of ketones is 2. The molecule has 0 radical (unpaired) electrons. The first-order valence-corrected chi connectivity index (χ1v) is 4.91. The fourth-order valence-corrected chi connectivity index (χ4v) is 1.71. The summed E-state index contributed by atoms with van der Waals surface area (Å²) in [6.07, 6.45) is 3.07. The van der Waals surface area contributed by atoms with Crippen molar-refractivity contribution in [3.8, 4) is 0 Å². The van der Waals surface area contributed by atoms with Crippen LogP contribution < -0.4 is 0 Å². The molecule has 0 fully saturated rings. The second kappa shape index (κ2) is 3.77. The van der Waals surface area contributed by atoms with Crippen LogP contribution in [-0.2, 0) is 4.79 Å². The van der Waals surface area contributed by atoms with E-state index in [0.29, 0.717) is 5.56 Å². The molecule has 3 nitrogen and oxygen atoms in total. The van der Waals surface area contributed by atoms with Gasteiger partial charge in [-0.15, -0.1) is 0 Å². The minimum Gasteiger partial charge on any atom is -0.507 e. The Kier molecular flexibility index (Phi) is 2.44. The first-order chi connectivity index (χ1) is 7.66. The van der Waals surface area contributed by atoms with Crippen LogP contribution in [0.1, 0.15) is 22.8 Å². The van der Waals surface area contributed by atoms with Gasteiger partial charge in [0.2, 0.25) is 11.6 Å². The van der Waals surface area contributed by atoms with E-state index in [2.05, 4.69) is 0 Å². The molecule has 0 aliphatic heterocycles. The molecule has 80 valence electrons. The standard InChI is InChI=1S/C13H10O3/c1-2-5-10-11(14)8-6-3-4-7-9(8)12(15)13(10)16/h2-7,14H,1H3/b5-2+. The number of rotatable bonds is 1. The van der Waals surface area contributed by atoms with E-state index in [9.17, 15) is 14.7 Å². The van der Waals surface area contributed by atoms with E-state index < -0.39 is 11.6 Å². The molecule has 0 amide bonds. The maximum atomic E-state index is 11.7. The second-order valence-corrected chi connectivity index (χ2v) is 3.47. The molecule has 1 aliphatic carbocycles. The minimum absolute atomic E-state index is 0.0613. The van der Waals surface area contributed by atoms with Gasteiger partial charge in [-0.05, 0) is 6.92 Å². The predicted molar refractivity (Wildman–Crippen MR) is 60.1 cm³/mol. The van der Waals surface area contributed by atoms with E-state index in [1.807, 2.05) is 0 Å². The lowest BCUT2D eigenvalue weighted by molar-refractivity contribution is -0.111. The third-order valence-electron chi connectivity index (χ3n) is 2.47. The highest BCUT2D eigenvalue weighted by Crippen LogP contribution is 2.27. The average molecular weight is 214 g/mol. The lowest BCUT2D eigenvalue weighted by Crippen LogP contribution is -2.23. The first kappa shape index (κ1) is 10.4. The van der Waals surface area contributed by atoms with Gasteiger partial charge in [0.15, 0.2) is 0 Å². The molecule has 0 atom stereocenters. The molecule has 3 heteroatoms. The monoisotopic (exact) mass is 214 g/mol. The zero-order valence-electron chi connectivity index (χ0n) is 8.73. The van der Waals surface area contributed by atoms with Crippen molar-refractivity contribution in [2.75, 3.05) is 0 Å². The Bertz CT molecular complexity index is 536. The van der Waals surface area contributed by atoms with Crippen LogP contribution in [-0.4, -0.2) is 16.7 Å². The van der Waals surface area contributed by atoms with Gasteiger partial charge in [-0.3, -0.25) is 9.59 Å². The highest BCUT2D eigenvalue weighted by Gasteiger charge is 2.30. The lowest BCUT2D eigenvalue weighted by Gasteiger charge is -2.15. The van der Waals surface area contributed by atoms with Gasteiger partial charge >= 0.3 is 0 Å². The van der Waals surface area contributed by atoms with Crippen molar-refractivity contribution in [2.24, 2.45) is 0 Å². The number of Topliss-reactive ketones (excluding diaryl/α,β-unsaturated/α-hetero) is 2. The number of hydrogen-bond acceptors (Lipinski definition) is 3. The molecule has 1 N–H and O–H groups in total. The van der Waals surface area contributed by atoms with Crippen LogP contribution in [0.15, 0.2) is 42.0 Å². The lowest BCUT2D eigenvalue weighted by atomic mass is 9.88. The van der Waals surface area contributed by atoms with Crippen molar-refractivity contribution >= 4 is 17.3 Å². The summed E-state index contributed by atoms with van der Waals surface area (Å²) in [4.78, 5) is 23.4. The Labute approximate surface area is 92.7 Å². The average Bonchev–Trinajstić information content (AvgIpc) is 2.32. The molecule has 0 saturated carbocycles. The fourth-order valence-electron chi connectivity index (χ4n) is 1.71. The summed E-state index contributed by atoms with van der Waals surface area (Å²) in [5.41, 5.74) is 0.740. The zero-order valence-corrected chi connectivity index (χ0v) is 8.73. The minimum atomic E-state index is -0.658. The molecule has 0 heterocycles. The fraction of sp³-hybridized carbons (Fsp3) is 0.0769. The van der Waals surface area contributed by atoms with Gasteiger partial charge in [-0.1, -0.05) is 36.4 Å². The van der Waals surface area contributed by atoms with Crippen molar-refractivity contribution in [1.82, 2.24) is 0 Å². The Hall–Kier alpha value is -2.16.